The van der Waals surface area contributed by atoms with E-state index in [2.05, 4.69) is 11.0 Å². The monoisotopic (exact) mass is 473 g/mol. The zero-order valence-corrected chi connectivity index (χ0v) is 19.5. The molecule has 0 amide bonds. The molecule has 1 heterocycles. The lowest BCUT2D eigenvalue weighted by Gasteiger charge is -2.44. The highest BCUT2D eigenvalue weighted by atomic mass is 35.5. The van der Waals surface area contributed by atoms with Crippen LogP contribution in [0, 0.1) is 17.7 Å². The highest BCUT2D eigenvalue weighted by Crippen LogP contribution is 2.46. The molecule has 1 saturated carbocycles. The summed E-state index contributed by atoms with van der Waals surface area (Å²) in [4.78, 5) is 14.5. The van der Waals surface area contributed by atoms with Gasteiger partial charge in [0.25, 0.3) is 0 Å². The first-order valence-corrected chi connectivity index (χ1v) is 12.0. The molecule has 0 radical (unpaired) electrons. The molecule has 5 rings (SSSR count). The van der Waals surface area contributed by atoms with Gasteiger partial charge in [0, 0.05) is 36.2 Å². The van der Waals surface area contributed by atoms with Gasteiger partial charge in [-0.2, -0.15) is 0 Å². The molecular formula is C26H29ClFNO4. The van der Waals surface area contributed by atoms with Gasteiger partial charge in [0.05, 0.1) is 25.0 Å². The Hall–Kier alpha value is -2.31. The first kappa shape index (κ1) is 22.5. The average molecular weight is 474 g/mol. The van der Waals surface area contributed by atoms with Crippen molar-refractivity contribution in [2.24, 2.45) is 11.8 Å². The largest absolute Gasteiger partial charge is 0.490 e. The van der Waals surface area contributed by atoms with E-state index in [0.717, 1.165) is 43.7 Å². The molecule has 2 aromatic carbocycles. The van der Waals surface area contributed by atoms with E-state index in [-0.39, 0.29) is 23.5 Å². The van der Waals surface area contributed by atoms with Crippen LogP contribution in [0.25, 0.3) is 0 Å². The van der Waals surface area contributed by atoms with E-state index in [1.807, 2.05) is 12.1 Å². The Morgan fingerprint density at radius 1 is 1.30 bits per heavy atom. The van der Waals surface area contributed by atoms with E-state index >= 15 is 0 Å². The van der Waals surface area contributed by atoms with E-state index in [1.165, 1.54) is 24.3 Å². The molecule has 1 spiro atoms. The minimum atomic E-state index is -0.705. The normalized spacial score (nSPS) is 26.0. The van der Waals surface area contributed by atoms with Crippen molar-refractivity contribution in [3.8, 4) is 5.75 Å². The summed E-state index contributed by atoms with van der Waals surface area (Å²) >= 11 is 6.29. The summed E-state index contributed by atoms with van der Waals surface area (Å²) in [5.41, 5.74) is 2.82. The fraction of sp³-hybridized carbons (Fsp3) is 0.500. The van der Waals surface area contributed by atoms with Crippen LogP contribution in [-0.2, 0) is 16.6 Å². The van der Waals surface area contributed by atoms with Crippen LogP contribution in [0.5, 0.6) is 5.75 Å². The minimum Gasteiger partial charge on any atom is -0.490 e. The van der Waals surface area contributed by atoms with Crippen molar-refractivity contribution in [3.05, 3.63) is 57.9 Å². The third kappa shape index (κ3) is 3.97. The van der Waals surface area contributed by atoms with Gasteiger partial charge in [0.15, 0.2) is 0 Å². The molecule has 0 saturated heterocycles. The van der Waals surface area contributed by atoms with Crippen molar-refractivity contribution >= 4 is 23.3 Å². The van der Waals surface area contributed by atoms with Crippen molar-refractivity contribution in [1.82, 2.24) is 0 Å². The predicted molar refractivity (Wildman–Crippen MR) is 125 cm³/mol. The van der Waals surface area contributed by atoms with Crippen LogP contribution in [0.4, 0.5) is 10.1 Å². The van der Waals surface area contributed by atoms with Crippen LogP contribution in [0.3, 0.4) is 0 Å². The maximum Gasteiger partial charge on any atom is 0.340 e. The highest BCUT2D eigenvalue weighted by molar-refractivity contribution is 6.30. The van der Waals surface area contributed by atoms with Gasteiger partial charge in [-0.25, -0.2) is 9.18 Å². The van der Waals surface area contributed by atoms with Crippen LogP contribution in [0.2, 0.25) is 5.02 Å². The standard InChI is InChI=1S/C26H29ClFNO4/c1-32-25(31)20-10-23-24(11-22(20)28)33-15-26(14-29(23)12-17-4-5-18(17)13-30)8-2-3-16-9-19(27)6-7-21(16)26/h6-7,9-11,17-18,30H,2-5,8,12-15H2,1H3/t17-,18-,26?/m0/s1. The van der Waals surface area contributed by atoms with Gasteiger partial charge in [-0.3, -0.25) is 0 Å². The maximum atomic E-state index is 14.8. The van der Waals surface area contributed by atoms with Gasteiger partial charge in [0.2, 0.25) is 0 Å². The number of aryl methyl sites for hydroxylation is 1. The van der Waals surface area contributed by atoms with E-state index in [0.29, 0.717) is 30.5 Å². The number of rotatable bonds is 4. The zero-order chi connectivity index (χ0) is 23.2. The van der Waals surface area contributed by atoms with E-state index in [1.54, 1.807) is 6.07 Å². The zero-order valence-electron chi connectivity index (χ0n) is 18.8. The summed E-state index contributed by atoms with van der Waals surface area (Å²) in [6.07, 6.45) is 5.00. The molecule has 7 heteroatoms. The number of hydrogen-bond donors (Lipinski definition) is 1. The Bertz CT molecular complexity index is 1070. The molecule has 5 nitrogen and oxygen atoms in total. The number of ether oxygens (including phenoxy) is 2. The fourth-order valence-electron chi connectivity index (χ4n) is 5.80. The fourth-order valence-corrected chi connectivity index (χ4v) is 6.00. The molecule has 0 bridgehead atoms. The second-order valence-electron chi connectivity index (χ2n) is 9.68. The van der Waals surface area contributed by atoms with Gasteiger partial charge in [-0.15, -0.1) is 0 Å². The Morgan fingerprint density at radius 3 is 2.85 bits per heavy atom. The third-order valence-corrected chi connectivity index (χ3v) is 8.03. The summed E-state index contributed by atoms with van der Waals surface area (Å²) in [7, 11) is 1.25. The number of aliphatic hydroxyl groups is 1. The number of nitrogens with zero attached hydrogens (tertiary/aromatic N) is 1. The summed E-state index contributed by atoms with van der Waals surface area (Å²) in [6.45, 7) is 2.01. The second kappa shape index (κ2) is 8.80. The molecular weight excluding hydrogens is 445 g/mol. The predicted octanol–water partition coefficient (Wildman–Crippen LogP) is 4.76. The smallest absolute Gasteiger partial charge is 0.340 e. The van der Waals surface area contributed by atoms with Gasteiger partial charge in [-0.05, 0) is 73.3 Å². The molecule has 2 aromatic rings. The van der Waals surface area contributed by atoms with Crippen molar-refractivity contribution < 1.29 is 23.8 Å². The lowest BCUT2D eigenvalue weighted by Crippen LogP contribution is -2.48. The summed E-state index contributed by atoms with van der Waals surface area (Å²) < 4.78 is 25.9. The molecule has 0 aromatic heterocycles. The molecule has 176 valence electrons. The highest BCUT2D eigenvalue weighted by Gasteiger charge is 2.43. The Kier molecular flexibility index (Phi) is 6.00. The van der Waals surface area contributed by atoms with Crippen LogP contribution in [0.15, 0.2) is 30.3 Å². The van der Waals surface area contributed by atoms with E-state index in [4.69, 9.17) is 21.1 Å². The Morgan fingerprint density at radius 2 is 2.12 bits per heavy atom. The molecule has 1 unspecified atom stereocenters. The van der Waals surface area contributed by atoms with Crippen LogP contribution >= 0.6 is 11.6 Å². The molecule has 33 heavy (non-hydrogen) atoms. The third-order valence-electron chi connectivity index (χ3n) is 7.80. The number of anilines is 1. The number of methoxy groups -OCH3 is 1. The summed E-state index contributed by atoms with van der Waals surface area (Å²) in [6, 6.07) is 8.95. The Balaban J connectivity index is 1.58. The van der Waals surface area contributed by atoms with Crippen molar-refractivity contribution in [2.75, 3.05) is 38.3 Å². The summed E-state index contributed by atoms with van der Waals surface area (Å²) in [5, 5.41) is 10.5. The lowest BCUT2D eigenvalue weighted by atomic mass is 9.69. The van der Waals surface area contributed by atoms with Gasteiger partial charge >= 0.3 is 5.97 Å². The average Bonchev–Trinajstić information content (AvgIpc) is 2.93. The van der Waals surface area contributed by atoms with Crippen LogP contribution < -0.4 is 9.64 Å². The number of benzene rings is 2. The lowest BCUT2D eigenvalue weighted by molar-refractivity contribution is 0.0595. The quantitative estimate of drug-likeness (QED) is 0.649. The summed E-state index contributed by atoms with van der Waals surface area (Å²) in [5.74, 6) is -0.296. The van der Waals surface area contributed by atoms with Crippen LogP contribution in [-0.4, -0.2) is 44.5 Å². The molecule has 1 N–H and O–H groups in total. The van der Waals surface area contributed by atoms with Crippen molar-refractivity contribution in [3.63, 3.8) is 0 Å². The SMILES string of the molecule is COC(=O)c1cc2c(cc1F)OCC1(CCCc3cc(Cl)ccc31)CN2C[C@@H]1CC[C@H]1CO. The number of carbonyl (C=O) groups excluding carboxylic acids is 1. The number of fused-ring (bicyclic) bond motifs is 3. The molecule has 3 aliphatic rings. The van der Waals surface area contributed by atoms with Gasteiger partial charge in [0.1, 0.15) is 11.6 Å². The maximum absolute atomic E-state index is 14.8. The van der Waals surface area contributed by atoms with Gasteiger partial charge < -0.3 is 19.5 Å². The number of halogens is 2. The second-order valence-corrected chi connectivity index (χ2v) is 10.1. The number of hydrogen-bond acceptors (Lipinski definition) is 5. The molecule has 3 atom stereocenters. The first-order chi connectivity index (χ1) is 15.9. The molecule has 2 aliphatic carbocycles. The number of aliphatic hydroxyl groups excluding tert-OH is 1. The topological polar surface area (TPSA) is 59.0 Å². The number of carbonyl (C=O) groups is 1. The minimum absolute atomic E-state index is 0.0936. The first-order valence-electron chi connectivity index (χ1n) is 11.6. The van der Waals surface area contributed by atoms with Gasteiger partial charge in [-0.1, -0.05) is 17.7 Å². The molecule has 1 aliphatic heterocycles. The number of esters is 1. The van der Waals surface area contributed by atoms with E-state index < -0.39 is 11.8 Å². The van der Waals surface area contributed by atoms with Crippen molar-refractivity contribution in [1.29, 1.82) is 0 Å². The van der Waals surface area contributed by atoms with Crippen LogP contribution in [0.1, 0.15) is 47.2 Å². The van der Waals surface area contributed by atoms with E-state index in [9.17, 15) is 14.3 Å². The van der Waals surface area contributed by atoms with Crippen molar-refractivity contribution in [2.45, 2.75) is 37.5 Å². The Labute approximate surface area is 198 Å². The molecule has 1 fully saturated rings.